The van der Waals surface area contributed by atoms with Crippen molar-refractivity contribution in [3.05, 3.63) is 65.2 Å². The highest BCUT2D eigenvalue weighted by Gasteiger charge is 2.29. The zero-order valence-corrected chi connectivity index (χ0v) is 17.6. The number of ether oxygens (including phenoxy) is 1. The maximum absolute atomic E-state index is 5.54. The van der Waals surface area contributed by atoms with Gasteiger partial charge in [0.1, 0.15) is 13.1 Å². The molecule has 0 saturated carbocycles. The lowest BCUT2D eigenvalue weighted by atomic mass is 10.0. The van der Waals surface area contributed by atoms with Gasteiger partial charge in [-0.2, -0.15) is 5.10 Å². The van der Waals surface area contributed by atoms with E-state index in [0.29, 0.717) is 5.11 Å². The second kappa shape index (κ2) is 9.78. The Balaban J connectivity index is 1.72. The molecule has 2 aromatic rings. The van der Waals surface area contributed by atoms with Crippen molar-refractivity contribution >= 4 is 28.7 Å². The number of anilines is 1. The van der Waals surface area contributed by atoms with Crippen LogP contribution in [0.4, 0.5) is 5.69 Å². The zero-order chi connectivity index (χ0) is 19.9. The van der Waals surface area contributed by atoms with Crippen LogP contribution in [-0.2, 0) is 4.74 Å². The molecule has 6 heteroatoms. The molecule has 0 unspecified atom stereocenters. The number of nitrogens with zero attached hydrogens (tertiary/aromatic N) is 1. The first kappa shape index (κ1) is 20.5. The molecule has 1 aliphatic rings. The third kappa shape index (κ3) is 5.16. The van der Waals surface area contributed by atoms with E-state index in [0.717, 1.165) is 37.7 Å². The van der Waals surface area contributed by atoms with Crippen LogP contribution in [0.15, 0.2) is 53.6 Å². The smallest absolute Gasteiger partial charge is 0.191 e. The summed E-state index contributed by atoms with van der Waals surface area (Å²) < 4.78 is 5.54. The van der Waals surface area contributed by atoms with Gasteiger partial charge in [-0.25, -0.2) is 0 Å². The standard InChI is InChI=1S/C22H28N4OS/c1-16-8-7-11-20(17(16)2)23-22(28)25-24-18(3)21(19-9-5-4-6-10-19)26-12-14-27-15-13-26/h4-11,21H,12-15H2,1-3H3,(H2,23,25,28)/p+1/b24-18-/t21-/m0/s1. The van der Waals surface area contributed by atoms with Gasteiger partial charge in [0.2, 0.25) is 0 Å². The highest BCUT2D eigenvalue weighted by molar-refractivity contribution is 7.80. The Kier molecular flexibility index (Phi) is 7.14. The Morgan fingerprint density at radius 1 is 1.07 bits per heavy atom. The molecule has 1 atom stereocenters. The molecule has 1 saturated heterocycles. The summed E-state index contributed by atoms with van der Waals surface area (Å²) in [6, 6.07) is 16.9. The number of hydrazone groups is 1. The van der Waals surface area contributed by atoms with Crippen LogP contribution in [0.2, 0.25) is 0 Å². The molecule has 2 aromatic carbocycles. The summed E-state index contributed by atoms with van der Waals surface area (Å²) in [7, 11) is 0. The minimum atomic E-state index is 0.182. The monoisotopic (exact) mass is 397 g/mol. The molecule has 0 bridgehead atoms. The van der Waals surface area contributed by atoms with Crippen LogP contribution < -0.4 is 15.6 Å². The highest BCUT2D eigenvalue weighted by atomic mass is 32.1. The van der Waals surface area contributed by atoms with Crippen LogP contribution in [0.3, 0.4) is 0 Å². The summed E-state index contributed by atoms with van der Waals surface area (Å²) in [4.78, 5) is 1.47. The molecule has 0 aliphatic carbocycles. The van der Waals surface area contributed by atoms with Crippen molar-refractivity contribution in [2.75, 3.05) is 31.6 Å². The molecule has 0 radical (unpaired) electrons. The third-order valence-electron chi connectivity index (χ3n) is 5.28. The Bertz CT molecular complexity index is 832. The van der Waals surface area contributed by atoms with Crippen molar-refractivity contribution in [3.8, 4) is 0 Å². The number of aryl methyl sites for hydroxylation is 1. The predicted molar refractivity (Wildman–Crippen MR) is 119 cm³/mol. The van der Waals surface area contributed by atoms with Gasteiger partial charge in [-0.1, -0.05) is 42.5 Å². The number of benzene rings is 2. The molecule has 3 rings (SSSR count). The second-order valence-corrected chi connectivity index (χ2v) is 7.59. The summed E-state index contributed by atoms with van der Waals surface area (Å²) in [6.07, 6.45) is 0. The fourth-order valence-corrected chi connectivity index (χ4v) is 3.74. The minimum Gasteiger partial charge on any atom is -0.370 e. The fraction of sp³-hybridized carbons (Fsp3) is 0.364. The molecule has 0 amide bonds. The Labute approximate surface area is 172 Å². The summed E-state index contributed by atoms with van der Waals surface area (Å²) >= 11 is 5.46. The van der Waals surface area contributed by atoms with E-state index in [1.165, 1.54) is 21.6 Å². The number of rotatable bonds is 5. The Morgan fingerprint density at radius 3 is 2.50 bits per heavy atom. The number of morpholine rings is 1. The van der Waals surface area contributed by atoms with Gasteiger partial charge in [0.05, 0.1) is 18.9 Å². The predicted octanol–water partition coefficient (Wildman–Crippen LogP) is 2.62. The van der Waals surface area contributed by atoms with Gasteiger partial charge in [0, 0.05) is 11.3 Å². The first-order valence-electron chi connectivity index (χ1n) is 9.71. The molecular formula is C22H29N4OS+. The van der Waals surface area contributed by atoms with Gasteiger partial charge in [-0.05, 0) is 50.2 Å². The van der Waals surface area contributed by atoms with E-state index in [1.54, 1.807) is 0 Å². The van der Waals surface area contributed by atoms with E-state index < -0.39 is 0 Å². The Morgan fingerprint density at radius 2 is 1.79 bits per heavy atom. The Hall–Kier alpha value is -2.28. The highest BCUT2D eigenvalue weighted by Crippen LogP contribution is 2.18. The molecule has 0 aromatic heterocycles. The minimum absolute atomic E-state index is 0.182. The lowest BCUT2D eigenvalue weighted by molar-refractivity contribution is -0.928. The van der Waals surface area contributed by atoms with Crippen molar-refractivity contribution in [1.29, 1.82) is 0 Å². The summed E-state index contributed by atoms with van der Waals surface area (Å²) in [5.41, 5.74) is 8.72. The van der Waals surface area contributed by atoms with E-state index in [4.69, 9.17) is 17.0 Å². The molecular weight excluding hydrogens is 368 g/mol. The van der Waals surface area contributed by atoms with Crippen LogP contribution in [-0.4, -0.2) is 37.1 Å². The summed E-state index contributed by atoms with van der Waals surface area (Å²) in [6.45, 7) is 9.75. The molecule has 1 heterocycles. The average molecular weight is 398 g/mol. The molecule has 28 heavy (non-hydrogen) atoms. The van der Waals surface area contributed by atoms with Crippen molar-refractivity contribution in [2.45, 2.75) is 26.8 Å². The lowest BCUT2D eigenvalue weighted by Crippen LogP contribution is -3.15. The fourth-order valence-electron chi connectivity index (χ4n) is 3.58. The van der Waals surface area contributed by atoms with Gasteiger partial charge in [-0.3, -0.25) is 5.43 Å². The van der Waals surface area contributed by atoms with Gasteiger partial charge in [0.15, 0.2) is 11.2 Å². The van der Waals surface area contributed by atoms with Gasteiger partial charge >= 0.3 is 0 Å². The van der Waals surface area contributed by atoms with E-state index in [1.807, 2.05) is 18.2 Å². The van der Waals surface area contributed by atoms with E-state index in [-0.39, 0.29) is 6.04 Å². The first-order chi connectivity index (χ1) is 13.6. The van der Waals surface area contributed by atoms with Crippen molar-refractivity contribution in [3.63, 3.8) is 0 Å². The molecule has 3 N–H and O–H groups in total. The summed E-state index contributed by atoms with van der Waals surface area (Å²) in [5.74, 6) is 0. The number of quaternary nitrogens is 1. The molecule has 148 valence electrons. The molecule has 5 nitrogen and oxygen atoms in total. The van der Waals surface area contributed by atoms with E-state index in [9.17, 15) is 0 Å². The summed E-state index contributed by atoms with van der Waals surface area (Å²) in [5, 5.41) is 8.37. The van der Waals surface area contributed by atoms with Crippen LogP contribution in [0, 0.1) is 13.8 Å². The molecule has 0 spiro atoms. The van der Waals surface area contributed by atoms with Crippen molar-refractivity contribution < 1.29 is 9.64 Å². The maximum Gasteiger partial charge on any atom is 0.191 e. The second-order valence-electron chi connectivity index (χ2n) is 7.18. The molecule has 1 fully saturated rings. The lowest BCUT2D eigenvalue weighted by Gasteiger charge is -2.31. The zero-order valence-electron chi connectivity index (χ0n) is 16.8. The normalized spacial score (nSPS) is 16.5. The van der Waals surface area contributed by atoms with E-state index in [2.05, 4.69) is 66.9 Å². The van der Waals surface area contributed by atoms with Crippen molar-refractivity contribution in [2.24, 2.45) is 5.10 Å². The van der Waals surface area contributed by atoms with Crippen LogP contribution >= 0.6 is 12.2 Å². The first-order valence-corrected chi connectivity index (χ1v) is 10.1. The van der Waals surface area contributed by atoms with Gasteiger partial charge in [-0.15, -0.1) is 0 Å². The van der Waals surface area contributed by atoms with Crippen molar-refractivity contribution in [1.82, 2.24) is 5.43 Å². The maximum atomic E-state index is 5.54. The van der Waals surface area contributed by atoms with E-state index >= 15 is 0 Å². The van der Waals surface area contributed by atoms with Gasteiger partial charge < -0.3 is 15.0 Å². The largest absolute Gasteiger partial charge is 0.370 e. The number of hydrogen-bond donors (Lipinski definition) is 3. The molecule has 1 aliphatic heterocycles. The quantitative estimate of drug-likeness (QED) is 0.412. The average Bonchev–Trinajstić information content (AvgIpc) is 2.72. The number of hydrogen-bond acceptors (Lipinski definition) is 3. The van der Waals surface area contributed by atoms with Crippen LogP contribution in [0.25, 0.3) is 0 Å². The third-order valence-corrected chi connectivity index (χ3v) is 5.47. The van der Waals surface area contributed by atoms with Crippen LogP contribution in [0.1, 0.15) is 29.7 Å². The van der Waals surface area contributed by atoms with Gasteiger partial charge in [0.25, 0.3) is 0 Å². The SMILES string of the molecule is C/C(=N/NC(=S)Nc1cccc(C)c1C)[C@@H](c1ccccc1)[NH+]1CCOCC1. The van der Waals surface area contributed by atoms with Crippen LogP contribution in [0.5, 0.6) is 0 Å². The topological polar surface area (TPSA) is 50.1 Å². The number of thiocarbonyl (C=S) groups is 1. The number of nitrogens with one attached hydrogen (secondary N) is 3.